The number of guanidine groups is 1. The monoisotopic (exact) mass is 470 g/mol. The molecule has 0 spiro atoms. The number of benzene rings is 1. The third kappa shape index (κ3) is 7.90. The van der Waals surface area contributed by atoms with Crippen molar-refractivity contribution in [3.63, 3.8) is 0 Å². The van der Waals surface area contributed by atoms with E-state index >= 15 is 0 Å². The predicted octanol–water partition coefficient (Wildman–Crippen LogP) is 2.97. The highest BCUT2D eigenvalue weighted by atomic mass is 127. The summed E-state index contributed by atoms with van der Waals surface area (Å²) >= 11 is 0. The number of rotatable bonds is 8. The number of ether oxygens (including phenoxy) is 2. The smallest absolute Gasteiger partial charge is 0.193 e. The van der Waals surface area contributed by atoms with E-state index in [4.69, 9.17) is 9.47 Å². The topological polar surface area (TPSA) is 59.0 Å². The molecule has 142 valence electrons. The van der Waals surface area contributed by atoms with E-state index in [0.717, 1.165) is 24.0 Å². The molecule has 7 heteroatoms. The minimum atomic E-state index is 0. The number of aromatic nitrogens is 1. The van der Waals surface area contributed by atoms with E-state index in [2.05, 4.69) is 22.2 Å². The van der Waals surface area contributed by atoms with Crippen LogP contribution >= 0.6 is 24.0 Å². The van der Waals surface area contributed by atoms with Crippen LogP contribution in [0.2, 0.25) is 0 Å². The number of hydrogen-bond donors (Lipinski definition) is 1. The van der Waals surface area contributed by atoms with Crippen molar-refractivity contribution in [2.24, 2.45) is 4.99 Å². The molecule has 0 aliphatic carbocycles. The molecule has 0 fully saturated rings. The third-order valence-electron chi connectivity index (χ3n) is 3.58. The Morgan fingerprint density at radius 2 is 1.85 bits per heavy atom. The number of likely N-dealkylation sites (N-methyl/N-ethyl adjacent to an activating group) is 1. The molecule has 0 saturated heterocycles. The van der Waals surface area contributed by atoms with Gasteiger partial charge in [-0.3, -0.25) is 9.98 Å². The van der Waals surface area contributed by atoms with E-state index in [9.17, 15) is 0 Å². The molecule has 2 aromatic rings. The van der Waals surface area contributed by atoms with Crippen LogP contribution in [-0.2, 0) is 0 Å². The van der Waals surface area contributed by atoms with Crippen molar-refractivity contribution < 1.29 is 9.47 Å². The molecule has 0 radical (unpaired) electrons. The zero-order chi connectivity index (χ0) is 17.9. The largest absolute Gasteiger partial charge is 0.492 e. The number of aryl methyl sites for hydroxylation is 1. The van der Waals surface area contributed by atoms with Crippen LogP contribution in [-0.4, -0.2) is 56.2 Å². The van der Waals surface area contributed by atoms with Gasteiger partial charge in [0.1, 0.15) is 24.7 Å². The molecule has 0 atom stereocenters. The fourth-order valence-corrected chi connectivity index (χ4v) is 2.19. The summed E-state index contributed by atoms with van der Waals surface area (Å²) in [6.45, 7) is 4.58. The van der Waals surface area contributed by atoms with Gasteiger partial charge in [-0.1, -0.05) is 17.7 Å². The minimum absolute atomic E-state index is 0. The number of halogens is 1. The maximum absolute atomic E-state index is 5.75. The first kappa shape index (κ1) is 22.0. The Bertz CT molecular complexity index is 650. The van der Waals surface area contributed by atoms with Gasteiger partial charge in [0.25, 0.3) is 0 Å². The van der Waals surface area contributed by atoms with E-state index < -0.39 is 0 Å². The van der Waals surface area contributed by atoms with Crippen LogP contribution in [0, 0.1) is 6.92 Å². The second kappa shape index (κ2) is 12.3. The Hall–Kier alpha value is -2.03. The zero-order valence-corrected chi connectivity index (χ0v) is 17.8. The van der Waals surface area contributed by atoms with Gasteiger partial charge in [0, 0.05) is 20.3 Å². The van der Waals surface area contributed by atoms with Gasteiger partial charge in [-0.2, -0.15) is 0 Å². The number of aliphatic imine (C=N–C) groups is 1. The van der Waals surface area contributed by atoms with Crippen molar-refractivity contribution in [2.75, 3.05) is 40.4 Å². The maximum atomic E-state index is 5.75. The molecule has 1 aromatic heterocycles. The van der Waals surface area contributed by atoms with E-state index in [1.54, 1.807) is 19.4 Å². The van der Waals surface area contributed by atoms with E-state index in [-0.39, 0.29) is 24.0 Å². The number of pyridine rings is 1. The van der Waals surface area contributed by atoms with Crippen molar-refractivity contribution >= 4 is 29.9 Å². The highest BCUT2D eigenvalue weighted by Gasteiger charge is 2.05. The quantitative estimate of drug-likeness (QED) is 0.278. The van der Waals surface area contributed by atoms with Crippen LogP contribution in [0.15, 0.2) is 53.8 Å². The summed E-state index contributed by atoms with van der Waals surface area (Å²) in [6.07, 6.45) is 3.42. The second-order valence-corrected chi connectivity index (χ2v) is 5.59. The molecule has 0 aliphatic heterocycles. The normalized spacial score (nSPS) is 10.7. The summed E-state index contributed by atoms with van der Waals surface area (Å²) in [7, 11) is 3.75. The first-order chi connectivity index (χ1) is 12.2. The summed E-state index contributed by atoms with van der Waals surface area (Å²) in [6, 6.07) is 11.8. The van der Waals surface area contributed by atoms with Crippen molar-refractivity contribution in [3.05, 3.63) is 54.4 Å². The van der Waals surface area contributed by atoms with Crippen molar-refractivity contribution in [1.29, 1.82) is 0 Å². The standard InChI is InChI=1S/C19H26N4O2.HI/c1-16-6-8-17(9-7-16)25-14-12-23(3)19(20-2)22-11-13-24-18-5-4-10-21-15-18;/h4-10,15H,11-14H2,1-3H3,(H,20,22);1H. The van der Waals surface area contributed by atoms with E-state index in [0.29, 0.717) is 19.8 Å². The minimum Gasteiger partial charge on any atom is -0.492 e. The van der Waals surface area contributed by atoms with Crippen LogP contribution < -0.4 is 14.8 Å². The highest BCUT2D eigenvalue weighted by molar-refractivity contribution is 14.0. The fourth-order valence-electron chi connectivity index (χ4n) is 2.19. The maximum Gasteiger partial charge on any atom is 0.193 e. The first-order valence-corrected chi connectivity index (χ1v) is 8.33. The second-order valence-electron chi connectivity index (χ2n) is 5.59. The molecular weight excluding hydrogens is 443 g/mol. The lowest BCUT2D eigenvalue weighted by Gasteiger charge is -2.22. The molecule has 2 rings (SSSR count). The molecule has 1 heterocycles. The highest BCUT2D eigenvalue weighted by Crippen LogP contribution is 2.11. The Kier molecular flexibility index (Phi) is 10.5. The Labute approximate surface area is 172 Å². The third-order valence-corrected chi connectivity index (χ3v) is 3.58. The van der Waals surface area contributed by atoms with Crippen LogP contribution in [0.4, 0.5) is 0 Å². The molecule has 0 bridgehead atoms. The molecule has 26 heavy (non-hydrogen) atoms. The summed E-state index contributed by atoms with van der Waals surface area (Å²) in [5.74, 6) is 2.45. The molecule has 1 aromatic carbocycles. The molecule has 0 aliphatic rings. The number of nitrogens with one attached hydrogen (secondary N) is 1. The van der Waals surface area contributed by atoms with Crippen LogP contribution in [0.1, 0.15) is 5.56 Å². The number of nitrogens with zero attached hydrogens (tertiary/aromatic N) is 3. The summed E-state index contributed by atoms with van der Waals surface area (Å²) in [5.41, 5.74) is 1.22. The lowest BCUT2D eigenvalue weighted by Crippen LogP contribution is -2.42. The molecule has 0 amide bonds. The lowest BCUT2D eigenvalue weighted by atomic mass is 10.2. The Balaban J connectivity index is 0.00000338. The van der Waals surface area contributed by atoms with Gasteiger partial charge in [-0.15, -0.1) is 24.0 Å². The zero-order valence-electron chi connectivity index (χ0n) is 15.5. The molecular formula is C19H27IN4O2. The molecule has 6 nitrogen and oxygen atoms in total. The van der Waals surface area contributed by atoms with Gasteiger partial charge in [-0.05, 0) is 31.2 Å². The van der Waals surface area contributed by atoms with Crippen LogP contribution in [0.3, 0.4) is 0 Å². The van der Waals surface area contributed by atoms with Crippen molar-refractivity contribution in [2.45, 2.75) is 6.92 Å². The molecule has 0 unspecified atom stereocenters. The van der Waals surface area contributed by atoms with Crippen molar-refractivity contribution in [3.8, 4) is 11.5 Å². The van der Waals surface area contributed by atoms with Gasteiger partial charge in [0.15, 0.2) is 5.96 Å². The van der Waals surface area contributed by atoms with Gasteiger partial charge >= 0.3 is 0 Å². The summed E-state index contributed by atoms with van der Waals surface area (Å²) in [4.78, 5) is 10.3. The predicted molar refractivity (Wildman–Crippen MR) is 116 cm³/mol. The average Bonchev–Trinajstić information content (AvgIpc) is 2.64. The molecule has 1 N–H and O–H groups in total. The number of hydrogen-bond acceptors (Lipinski definition) is 4. The first-order valence-electron chi connectivity index (χ1n) is 8.33. The summed E-state index contributed by atoms with van der Waals surface area (Å²) < 4.78 is 11.4. The Morgan fingerprint density at radius 3 is 2.50 bits per heavy atom. The van der Waals surface area contributed by atoms with E-state index in [1.807, 2.05) is 48.3 Å². The van der Waals surface area contributed by atoms with E-state index in [1.165, 1.54) is 5.56 Å². The summed E-state index contributed by atoms with van der Waals surface area (Å²) in [5, 5.41) is 3.27. The van der Waals surface area contributed by atoms with Gasteiger partial charge in [-0.25, -0.2) is 0 Å². The SMILES string of the molecule is CN=C(NCCOc1cccnc1)N(C)CCOc1ccc(C)cc1.I. The van der Waals surface area contributed by atoms with Gasteiger partial charge in [0.05, 0.1) is 19.3 Å². The van der Waals surface area contributed by atoms with Crippen molar-refractivity contribution in [1.82, 2.24) is 15.2 Å². The molecule has 0 saturated carbocycles. The Morgan fingerprint density at radius 1 is 1.12 bits per heavy atom. The average molecular weight is 470 g/mol. The van der Waals surface area contributed by atoms with Crippen LogP contribution in [0.25, 0.3) is 0 Å². The van der Waals surface area contributed by atoms with Gasteiger partial charge < -0.3 is 19.7 Å². The van der Waals surface area contributed by atoms with Gasteiger partial charge in [0.2, 0.25) is 0 Å². The fraction of sp³-hybridized carbons (Fsp3) is 0.368. The lowest BCUT2D eigenvalue weighted by molar-refractivity contribution is 0.279. The van der Waals surface area contributed by atoms with Crippen LogP contribution in [0.5, 0.6) is 11.5 Å².